The van der Waals surface area contributed by atoms with Gasteiger partial charge in [-0.2, -0.15) is 0 Å². The second-order valence-electron chi connectivity index (χ2n) is 3.93. The zero-order valence-electron chi connectivity index (χ0n) is 13.4. The molecule has 0 aromatic heterocycles. The van der Waals surface area contributed by atoms with Gasteiger partial charge < -0.3 is 9.80 Å². The first kappa shape index (κ1) is 23.6. The fourth-order valence-corrected chi connectivity index (χ4v) is 1.90. The summed E-state index contributed by atoms with van der Waals surface area (Å²) >= 11 is 15.0. The monoisotopic (exact) mass is 370 g/mol. The maximum absolute atomic E-state index is 10.5. The molecular formula is C15H25Cl3N2O2. The van der Waals surface area contributed by atoms with Crippen LogP contribution < -0.4 is 0 Å². The number of carbonyl (C=O) groups excluding carboxylic acids is 2. The van der Waals surface area contributed by atoms with Gasteiger partial charge in [-0.05, 0) is 42.5 Å². The van der Waals surface area contributed by atoms with Gasteiger partial charge in [0.1, 0.15) is 0 Å². The van der Waals surface area contributed by atoms with Gasteiger partial charge in [-0.3, -0.25) is 9.59 Å². The number of hydrogen-bond donors (Lipinski definition) is 0. The van der Waals surface area contributed by atoms with Gasteiger partial charge in [0.2, 0.25) is 0 Å². The Labute approximate surface area is 148 Å². The third-order valence-electron chi connectivity index (χ3n) is 2.59. The van der Waals surface area contributed by atoms with Gasteiger partial charge in [0, 0.05) is 32.2 Å². The van der Waals surface area contributed by atoms with Crippen LogP contribution >= 0.6 is 34.8 Å². The molecule has 0 radical (unpaired) electrons. The van der Waals surface area contributed by atoms with Gasteiger partial charge >= 0.3 is 10.7 Å². The minimum atomic E-state index is -0.383. The number of halogens is 3. The van der Waals surface area contributed by atoms with Crippen LogP contribution in [-0.2, 0) is 0 Å². The summed E-state index contributed by atoms with van der Waals surface area (Å²) in [5.74, 6) is 0. The summed E-state index contributed by atoms with van der Waals surface area (Å²) in [7, 11) is 0. The number of rotatable bonds is 0. The third kappa shape index (κ3) is 11.9. The van der Waals surface area contributed by atoms with Crippen molar-refractivity contribution in [1.29, 1.82) is 0 Å². The first-order valence-electron chi connectivity index (χ1n) is 7.21. The molecule has 2 heterocycles. The molecule has 0 fully saturated rings. The van der Waals surface area contributed by atoms with Gasteiger partial charge in [0.05, 0.1) is 0 Å². The van der Waals surface area contributed by atoms with Crippen molar-refractivity contribution in [2.24, 2.45) is 0 Å². The normalized spacial score (nSPS) is 15.4. The van der Waals surface area contributed by atoms with Crippen molar-refractivity contribution in [3.8, 4) is 0 Å². The Bertz CT molecular complexity index is 361. The molecule has 128 valence electrons. The van der Waals surface area contributed by atoms with Crippen molar-refractivity contribution in [2.45, 2.75) is 33.1 Å². The minimum absolute atomic E-state index is 0.348. The molecule has 0 bridgehead atoms. The van der Waals surface area contributed by atoms with Gasteiger partial charge in [-0.15, -0.1) is 11.6 Å². The van der Waals surface area contributed by atoms with Crippen molar-refractivity contribution in [3.63, 3.8) is 0 Å². The highest BCUT2D eigenvalue weighted by atomic mass is 35.5. The molecule has 0 aromatic rings. The number of nitrogens with zero attached hydrogens (tertiary/aromatic N) is 2. The van der Waals surface area contributed by atoms with Crippen molar-refractivity contribution < 1.29 is 9.59 Å². The van der Waals surface area contributed by atoms with Gasteiger partial charge in [0.25, 0.3) is 0 Å². The van der Waals surface area contributed by atoms with E-state index in [1.807, 2.05) is 26.0 Å². The van der Waals surface area contributed by atoms with Gasteiger partial charge in [-0.1, -0.05) is 32.1 Å². The minimum Gasteiger partial charge on any atom is -0.325 e. The van der Waals surface area contributed by atoms with E-state index in [-0.39, 0.29) is 10.7 Å². The molecule has 2 rings (SSSR count). The first-order chi connectivity index (χ1) is 10.6. The maximum Gasteiger partial charge on any atom is 0.320 e. The highest BCUT2D eigenvalue weighted by molar-refractivity contribution is 6.63. The van der Waals surface area contributed by atoms with E-state index in [9.17, 15) is 9.59 Å². The molecule has 7 heteroatoms. The van der Waals surface area contributed by atoms with E-state index >= 15 is 0 Å². The van der Waals surface area contributed by atoms with Crippen LogP contribution in [0, 0.1) is 0 Å². The van der Waals surface area contributed by atoms with E-state index < -0.39 is 0 Å². The van der Waals surface area contributed by atoms with E-state index in [2.05, 4.69) is 17.7 Å². The van der Waals surface area contributed by atoms with Crippen LogP contribution in [0.4, 0.5) is 9.59 Å². The molecule has 0 aromatic carbocycles. The molecule has 4 nitrogen and oxygen atoms in total. The van der Waals surface area contributed by atoms with Crippen molar-refractivity contribution in [1.82, 2.24) is 9.80 Å². The molecule has 2 aliphatic rings. The molecule has 0 spiro atoms. The van der Waals surface area contributed by atoms with Crippen LogP contribution in [0.15, 0.2) is 24.4 Å². The standard InChI is InChI=1S/2C6H8ClNO.C2H6.CH3Cl/c2*7-6(9)8-4-2-1-3-5-8;2*1-2/h2,4H,1,3,5H2;1-2H,3-5H2;1-2H3;1H3. The van der Waals surface area contributed by atoms with Crippen LogP contribution in [0.3, 0.4) is 0 Å². The summed E-state index contributed by atoms with van der Waals surface area (Å²) in [5, 5.41) is -0.731. The Morgan fingerprint density at radius 3 is 1.82 bits per heavy atom. The number of hydrogen-bond acceptors (Lipinski definition) is 2. The lowest BCUT2D eigenvalue weighted by Gasteiger charge is -2.19. The quantitative estimate of drug-likeness (QED) is 0.246. The molecule has 0 N–H and O–H groups in total. The van der Waals surface area contributed by atoms with Crippen molar-refractivity contribution in [3.05, 3.63) is 24.4 Å². The Morgan fingerprint density at radius 1 is 0.909 bits per heavy atom. The maximum atomic E-state index is 10.5. The van der Waals surface area contributed by atoms with Crippen LogP contribution in [-0.4, -0.2) is 46.5 Å². The van der Waals surface area contributed by atoms with E-state index in [0.29, 0.717) is 6.54 Å². The molecule has 0 atom stereocenters. The molecule has 0 aliphatic carbocycles. The summed E-state index contributed by atoms with van der Waals surface area (Å²) < 4.78 is 0. The Kier molecular flexibility index (Phi) is 17.8. The first-order valence-corrected chi connectivity index (χ1v) is 8.72. The summed E-state index contributed by atoms with van der Waals surface area (Å²) in [5.41, 5.74) is 0. The molecule has 2 amide bonds. The van der Waals surface area contributed by atoms with Crippen molar-refractivity contribution >= 4 is 45.5 Å². The second kappa shape index (κ2) is 16.7. The zero-order valence-corrected chi connectivity index (χ0v) is 15.7. The third-order valence-corrected chi connectivity index (χ3v) is 3.04. The average molecular weight is 372 g/mol. The van der Waals surface area contributed by atoms with Crippen LogP contribution in [0.2, 0.25) is 0 Å². The van der Waals surface area contributed by atoms with E-state index in [1.165, 1.54) is 11.3 Å². The predicted octanol–water partition coefficient (Wildman–Crippen LogP) is 5.44. The van der Waals surface area contributed by atoms with Gasteiger partial charge in [-0.25, -0.2) is 0 Å². The molecule has 0 unspecified atom stereocenters. The molecule has 0 saturated carbocycles. The summed E-state index contributed by atoms with van der Waals surface area (Å²) in [6, 6.07) is 0. The van der Waals surface area contributed by atoms with Crippen LogP contribution in [0.25, 0.3) is 0 Å². The summed E-state index contributed by atoms with van der Waals surface area (Å²) in [6.45, 7) is 6.19. The Hall–Kier alpha value is -0.710. The highest BCUT2D eigenvalue weighted by Crippen LogP contribution is 2.07. The molecule has 2 aliphatic heterocycles. The number of allylic oxidation sites excluding steroid dienone is 1. The lowest BCUT2D eigenvalue weighted by molar-refractivity contribution is 0.226. The second-order valence-corrected chi connectivity index (χ2v) is 4.58. The number of alkyl halides is 1. The van der Waals surface area contributed by atoms with E-state index in [4.69, 9.17) is 23.2 Å². The summed E-state index contributed by atoms with van der Waals surface area (Å²) in [4.78, 5) is 24.0. The summed E-state index contributed by atoms with van der Waals surface area (Å²) in [6.07, 6.45) is 12.2. The van der Waals surface area contributed by atoms with E-state index in [1.54, 1.807) is 11.1 Å². The molecule has 0 saturated heterocycles. The lowest BCUT2D eigenvalue weighted by atomic mass is 10.2. The van der Waals surface area contributed by atoms with Crippen molar-refractivity contribution in [2.75, 3.05) is 26.0 Å². The largest absolute Gasteiger partial charge is 0.325 e. The van der Waals surface area contributed by atoms with Crippen LogP contribution in [0.5, 0.6) is 0 Å². The van der Waals surface area contributed by atoms with E-state index in [0.717, 1.165) is 32.4 Å². The highest BCUT2D eigenvalue weighted by Gasteiger charge is 2.09. The van der Waals surface area contributed by atoms with Crippen LogP contribution in [0.1, 0.15) is 33.1 Å². The smallest absolute Gasteiger partial charge is 0.320 e. The topological polar surface area (TPSA) is 40.6 Å². The zero-order chi connectivity index (χ0) is 17.4. The Morgan fingerprint density at radius 2 is 1.55 bits per heavy atom. The lowest BCUT2D eigenvalue weighted by Crippen LogP contribution is -2.29. The Balaban J connectivity index is 0. The SMILES string of the molecule is CC.CCl.O=C(Cl)N1C=CCCC1.O=C(Cl)N1CC=CCC1. The fraction of sp³-hybridized carbons (Fsp3) is 0.600. The fourth-order valence-electron chi connectivity index (χ4n) is 1.60. The number of amides is 2. The number of carbonyl (C=O) groups is 2. The molecular weight excluding hydrogens is 347 g/mol. The molecule has 22 heavy (non-hydrogen) atoms. The predicted molar refractivity (Wildman–Crippen MR) is 96.0 cm³/mol. The average Bonchev–Trinajstić information content (AvgIpc) is 2.60. The van der Waals surface area contributed by atoms with Gasteiger partial charge in [0.15, 0.2) is 0 Å².